The fraction of sp³-hybridized carbons (Fsp3) is 0.667. The molecule has 0 amide bonds. The molecule has 1 N–H and O–H groups in total. The van der Waals surface area contributed by atoms with E-state index in [1.54, 1.807) is 0 Å². The van der Waals surface area contributed by atoms with Gasteiger partial charge in [0.25, 0.3) is 0 Å². The Hall–Kier alpha value is -1.06. The molecule has 1 atom stereocenters. The van der Waals surface area contributed by atoms with E-state index in [4.69, 9.17) is 0 Å². The van der Waals surface area contributed by atoms with Crippen LogP contribution in [0.3, 0.4) is 0 Å². The highest BCUT2D eigenvalue weighted by Crippen LogP contribution is 2.24. The van der Waals surface area contributed by atoms with Crippen LogP contribution in [0.1, 0.15) is 39.7 Å². The summed E-state index contributed by atoms with van der Waals surface area (Å²) in [6.45, 7) is 13.3. The van der Waals surface area contributed by atoms with Gasteiger partial charge >= 0.3 is 0 Å². The number of likely N-dealkylation sites (N-methyl/N-ethyl adjacent to an activating group) is 1. The second-order valence-corrected chi connectivity index (χ2v) is 7.22. The molecule has 0 bridgehead atoms. The zero-order valence-electron chi connectivity index (χ0n) is 14.3. The number of anilines is 1. The molecule has 1 unspecified atom stereocenters. The summed E-state index contributed by atoms with van der Waals surface area (Å²) in [5.41, 5.74) is 2.97. The van der Waals surface area contributed by atoms with Crippen molar-refractivity contribution in [1.29, 1.82) is 0 Å². The Kier molecular flexibility index (Phi) is 5.28. The minimum atomic E-state index is 0.154. The van der Waals surface area contributed by atoms with Crippen LogP contribution >= 0.6 is 0 Å². The van der Waals surface area contributed by atoms with Crippen molar-refractivity contribution < 1.29 is 0 Å². The van der Waals surface area contributed by atoms with Crippen LogP contribution in [0.5, 0.6) is 0 Å². The molecule has 1 aliphatic rings. The van der Waals surface area contributed by atoms with Crippen molar-refractivity contribution in [2.24, 2.45) is 0 Å². The average molecular weight is 289 g/mol. The molecule has 118 valence electrons. The van der Waals surface area contributed by atoms with Crippen LogP contribution in [-0.4, -0.2) is 43.2 Å². The van der Waals surface area contributed by atoms with Gasteiger partial charge in [-0.1, -0.05) is 25.1 Å². The van der Waals surface area contributed by atoms with E-state index in [0.717, 1.165) is 26.2 Å². The van der Waals surface area contributed by atoms with Gasteiger partial charge in [0, 0.05) is 43.4 Å². The fourth-order valence-corrected chi connectivity index (χ4v) is 2.93. The highest BCUT2D eigenvalue weighted by molar-refractivity contribution is 5.54. The number of nitrogens with zero attached hydrogens (tertiary/aromatic N) is 2. The molecule has 1 aromatic rings. The molecule has 0 aliphatic carbocycles. The molecule has 1 aliphatic heterocycles. The lowest BCUT2D eigenvalue weighted by atomic mass is 10.0. The molecule has 2 rings (SSSR count). The van der Waals surface area contributed by atoms with Crippen molar-refractivity contribution in [3.8, 4) is 0 Å². The number of para-hydroxylation sites is 1. The summed E-state index contributed by atoms with van der Waals surface area (Å²) >= 11 is 0. The van der Waals surface area contributed by atoms with Crippen molar-refractivity contribution in [3.05, 3.63) is 29.8 Å². The molecule has 0 saturated carbocycles. The first-order chi connectivity index (χ1) is 9.90. The second kappa shape index (κ2) is 6.80. The van der Waals surface area contributed by atoms with Crippen LogP contribution in [0.15, 0.2) is 24.3 Å². The number of piperazine rings is 1. The Bertz CT molecular complexity index is 450. The molecule has 0 radical (unpaired) electrons. The summed E-state index contributed by atoms with van der Waals surface area (Å²) in [6, 6.07) is 9.51. The SMILES string of the molecule is CCC1CN(c2ccccc2CNC(C)(C)C)CCN1C. The summed E-state index contributed by atoms with van der Waals surface area (Å²) in [6.07, 6.45) is 1.22. The van der Waals surface area contributed by atoms with E-state index in [0.29, 0.717) is 6.04 Å². The minimum Gasteiger partial charge on any atom is -0.368 e. The van der Waals surface area contributed by atoms with Gasteiger partial charge in [0.05, 0.1) is 0 Å². The third kappa shape index (κ3) is 4.45. The van der Waals surface area contributed by atoms with Gasteiger partial charge in [-0.15, -0.1) is 0 Å². The van der Waals surface area contributed by atoms with Gasteiger partial charge in [-0.3, -0.25) is 4.90 Å². The highest BCUT2D eigenvalue weighted by Gasteiger charge is 2.24. The van der Waals surface area contributed by atoms with E-state index in [1.165, 1.54) is 17.7 Å². The maximum absolute atomic E-state index is 3.61. The van der Waals surface area contributed by atoms with Crippen LogP contribution < -0.4 is 10.2 Å². The third-order valence-corrected chi connectivity index (χ3v) is 4.39. The molecule has 3 heteroatoms. The van der Waals surface area contributed by atoms with Gasteiger partial charge in [0.15, 0.2) is 0 Å². The summed E-state index contributed by atoms with van der Waals surface area (Å²) in [5, 5.41) is 3.61. The topological polar surface area (TPSA) is 18.5 Å². The Morgan fingerprint density at radius 3 is 2.57 bits per heavy atom. The normalized spacial score (nSPS) is 20.8. The summed E-state index contributed by atoms with van der Waals surface area (Å²) in [4.78, 5) is 5.06. The molecular weight excluding hydrogens is 258 g/mol. The van der Waals surface area contributed by atoms with Crippen LogP contribution in [0.2, 0.25) is 0 Å². The molecule has 0 aromatic heterocycles. The van der Waals surface area contributed by atoms with Crippen LogP contribution in [0.25, 0.3) is 0 Å². The standard InChI is InChI=1S/C18H31N3/c1-6-16-14-21(12-11-20(16)5)17-10-8-7-9-15(17)13-19-18(2,3)4/h7-10,16,19H,6,11-14H2,1-5H3. The van der Waals surface area contributed by atoms with Crippen LogP contribution in [0.4, 0.5) is 5.69 Å². The number of hydrogen-bond donors (Lipinski definition) is 1. The maximum atomic E-state index is 3.61. The van der Waals surface area contributed by atoms with E-state index >= 15 is 0 Å². The van der Waals surface area contributed by atoms with Gasteiger partial charge in [0.1, 0.15) is 0 Å². The van der Waals surface area contributed by atoms with Gasteiger partial charge < -0.3 is 10.2 Å². The number of benzene rings is 1. The average Bonchev–Trinajstić information content (AvgIpc) is 2.45. The van der Waals surface area contributed by atoms with E-state index in [1.807, 2.05) is 0 Å². The van der Waals surface area contributed by atoms with Crippen molar-refractivity contribution in [3.63, 3.8) is 0 Å². The maximum Gasteiger partial charge on any atom is 0.0412 e. The molecule has 3 nitrogen and oxygen atoms in total. The fourth-order valence-electron chi connectivity index (χ4n) is 2.93. The molecule has 1 aromatic carbocycles. The smallest absolute Gasteiger partial charge is 0.0412 e. The molecule has 1 heterocycles. The van der Waals surface area contributed by atoms with Crippen molar-refractivity contribution in [2.75, 3.05) is 31.6 Å². The van der Waals surface area contributed by atoms with Crippen molar-refractivity contribution in [1.82, 2.24) is 10.2 Å². The quantitative estimate of drug-likeness (QED) is 0.919. The lowest BCUT2D eigenvalue weighted by Crippen LogP contribution is -2.51. The molecular formula is C18H31N3. The lowest BCUT2D eigenvalue weighted by molar-refractivity contribution is 0.213. The Labute approximate surface area is 130 Å². The van der Waals surface area contributed by atoms with E-state index < -0.39 is 0 Å². The summed E-state index contributed by atoms with van der Waals surface area (Å²) in [7, 11) is 2.25. The molecule has 0 spiro atoms. The number of rotatable bonds is 4. The van der Waals surface area contributed by atoms with Gasteiger partial charge in [0.2, 0.25) is 0 Å². The second-order valence-electron chi connectivity index (χ2n) is 7.22. The molecule has 21 heavy (non-hydrogen) atoms. The lowest BCUT2D eigenvalue weighted by Gasteiger charge is -2.41. The van der Waals surface area contributed by atoms with Crippen molar-refractivity contribution in [2.45, 2.75) is 52.2 Å². The van der Waals surface area contributed by atoms with Gasteiger partial charge in [-0.2, -0.15) is 0 Å². The Morgan fingerprint density at radius 1 is 1.19 bits per heavy atom. The Balaban J connectivity index is 2.12. The number of hydrogen-bond acceptors (Lipinski definition) is 3. The van der Waals surface area contributed by atoms with E-state index in [-0.39, 0.29) is 5.54 Å². The predicted octanol–water partition coefficient (Wildman–Crippen LogP) is 3.11. The summed E-state index contributed by atoms with van der Waals surface area (Å²) < 4.78 is 0. The van der Waals surface area contributed by atoms with Crippen LogP contribution in [0, 0.1) is 0 Å². The zero-order chi connectivity index (χ0) is 15.5. The predicted molar refractivity (Wildman–Crippen MR) is 92.0 cm³/mol. The first-order valence-electron chi connectivity index (χ1n) is 8.19. The molecule has 1 fully saturated rings. The first kappa shape index (κ1) is 16.3. The highest BCUT2D eigenvalue weighted by atomic mass is 15.3. The largest absolute Gasteiger partial charge is 0.368 e. The van der Waals surface area contributed by atoms with Crippen LogP contribution in [-0.2, 0) is 6.54 Å². The molecule has 1 saturated heterocycles. The van der Waals surface area contributed by atoms with E-state index in [9.17, 15) is 0 Å². The first-order valence-corrected chi connectivity index (χ1v) is 8.19. The number of nitrogens with one attached hydrogen (secondary N) is 1. The van der Waals surface area contributed by atoms with Gasteiger partial charge in [-0.05, 0) is 45.9 Å². The van der Waals surface area contributed by atoms with E-state index in [2.05, 4.69) is 74.1 Å². The summed E-state index contributed by atoms with van der Waals surface area (Å²) in [5.74, 6) is 0. The zero-order valence-corrected chi connectivity index (χ0v) is 14.3. The van der Waals surface area contributed by atoms with Gasteiger partial charge in [-0.25, -0.2) is 0 Å². The van der Waals surface area contributed by atoms with Crippen molar-refractivity contribution >= 4 is 5.69 Å². The monoisotopic (exact) mass is 289 g/mol. The minimum absolute atomic E-state index is 0.154. The third-order valence-electron chi connectivity index (χ3n) is 4.39. The Morgan fingerprint density at radius 2 is 1.90 bits per heavy atom.